The zero-order valence-corrected chi connectivity index (χ0v) is 16.6. The molecule has 0 spiro atoms. The van der Waals surface area contributed by atoms with Crippen molar-refractivity contribution >= 4 is 33.2 Å². The van der Waals surface area contributed by atoms with Gasteiger partial charge in [-0.15, -0.1) is 0 Å². The summed E-state index contributed by atoms with van der Waals surface area (Å²) in [7, 11) is -3.48. The number of rotatable bonds is 6. The first-order valence-corrected chi connectivity index (χ1v) is 10.7. The molecule has 0 aromatic heterocycles. The Morgan fingerprint density at radius 2 is 1.88 bits per heavy atom. The number of anilines is 1. The van der Waals surface area contributed by atoms with E-state index in [0.29, 0.717) is 23.8 Å². The van der Waals surface area contributed by atoms with E-state index in [4.69, 9.17) is 11.6 Å². The van der Waals surface area contributed by atoms with E-state index < -0.39 is 10.0 Å². The molecule has 0 aliphatic carbocycles. The van der Waals surface area contributed by atoms with Crippen molar-refractivity contribution in [1.82, 2.24) is 9.80 Å². The Morgan fingerprint density at radius 3 is 2.40 bits per heavy atom. The molecule has 1 aliphatic rings. The van der Waals surface area contributed by atoms with Gasteiger partial charge in [0.2, 0.25) is 15.9 Å². The van der Waals surface area contributed by atoms with Crippen LogP contribution >= 0.6 is 11.6 Å². The van der Waals surface area contributed by atoms with E-state index in [9.17, 15) is 13.2 Å². The Balaban J connectivity index is 2.05. The maximum atomic E-state index is 12.5. The lowest BCUT2D eigenvalue weighted by molar-refractivity contribution is -0.132. The van der Waals surface area contributed by atoms with Gasteiger partial charge in [-0.3, -0.25) is 9.10 Å². The zero-order valence-electron chi connectivity index (χ0n) is 15.0. The summed E-state index contributed by atoms with van der Waals surface area (Å²) in [6.07, 6.45) is 1.33. The fourth-order valence-electron chi connectivity index (χ4n) is 3.03. The van der Waals surface area contributed by atoms with Gasteiger partial charge in [0, 0.05) is 44.2 Å². The van der Waals surface area contributed by atoms with Crippen molar-refractivity contribution in [1.29, 1.82) is 0 Å². The molecule has 1 fully saturated rings. The Morgan fingerprint density at radius 1 is 1.24 bits per heavy atom. The quantitative estimate of drug-likeness (QED) is 0.748. The standard InChI is InChI=1S/C17H26ClN3O3S/c1-4-19-9-11-20(12-10-19)17(22)7-8-21(25(3,23)24)16-6-5-15(18)13-14(16)2/h5-6,13H,4,7-12H2,1-3H3. The van der Waals surface area contributed by atoms with Gasteiger partial charge < -0.3 is 9.80 Å². The van der Waals surface area contributed by atoms with Crippen molar-refractivity contribution in [3.63, 3.8) is 0 Å². The maximum absolute atomic E-state index is 12.5. The monoisotopic (exact) mass is 387 g/mol. The lowest BCUT2D eigenvalue weighted by Gasteiger charge is -2.34. The van der Waals surface area contributed by atoms with Crippen LogP contribution in [0.5, 0.6) is 0 Å². The molecule has 0 radical (unpaired) electrons. The van der Waals surface area contributed by atoms with Crippen molar-refractivity contribution in [3.8, 4) is 0 Å². The minimum atomic E-state index is -3.48. The Hall–Kier alpha value is -1.31. The summed E-state index contributed by atoms with van der Waals surface area (Å²) >= 11 is 5.96. The number of benzene rings is 1. The summed E-state index contributed by atoms with van der Waals surface area (Å²) in [5.41, 5.74) is 1.33. The smallest absolute Gasteiger partial charge is 0.232 e. The van der Waals surface area contributed by atoms with Gasteiger partial charge in [0.25, 0.3) is 0 Å². The van der Waals surface area contributed by atoms with E-state index in [1.807, 2.05) is 11.8 Å². The molecular weight excluding hydrogens is 362 g/mol. The van der Waals surface area contributed by atoms with Crippen LogP contribution in [0.3, 0.4) is 0 Å². The molecule has 2 rings (SSSR count). The van der Waals surface area contributed by atoms with Crippen LogP contribution in [0.2, 0.25) is 5.02 Å². The average Bonchev–Trinajstić information content (AvgIpc) is 2.55. The molecule has 140 valence electrons. The predicted octanol–water partition coefficient (Wildman–Crippen LogP) is 1.97. The fourth-order valence-corrected chi connectivity index (χ4v) is 4.24. The molecule has 8 heteroatoms. The normalized spacial score (nSPS) is 16.1. The van der Waals surface area contributed by atoms with E-state index in [1.165, 1.54) is 4.31 Å². The number of carbonyl (C=O) groups is 1. The van der Waals surface area contributed by atoms with Gasteiger partial charge >= 0.3 is 0 Å². The van der Waals surface area contributed by atoms with Crippen LogP contribution in [0.4, 0.5) is 5.69 Å². The summed E-state index contributed by atoms with van der Waals surface area (Å²) < 4.78 is 25.7. The minimum Gasteiger partial charge on any atom is -0.340 e. The van der Waals surface area contributed by atoms with Gasteiger partial charge in [0.15, 0.2) is 0 Å². The molecule has 1 aromatic carbocycles. The molecule has 0 N–H and O–H groups in total. The Kier molecular flexibility index (Phi) is 6.71. The van der Waals surface area contributed by atoms with E-state index in [1.54, 1.807) is 18.2 Å². The SMILES string of the molecule is CCN1CCN(C(=O)CCN(c2ccc(Cl)cc2C)S(C)(=O)=O)CC1. The molecule has 1 saturated heterocycles. The zero-order chi connectivity index (χ0) is 18.6. The summed E-state index contributed by atoms with van der Waals surface area (Å²) in [5, 5.41) is 0.555. The van der Waals surface area contributed by atoms with Gasteiger partial charge in [-0.05, 0) is 37.2 Å². The van der Waals surface area contributed by atoms with Gasteiger partial charge in [0.1, 0.15) is 0 Å². The van der Waals surface area contributed by atoms with Gasteiger partial charge in [-0.1, -0.05) is 18.5 Å². The fraction of sp³-hybridized carbons (Fsp3) is 0.588. The molecule has 0 unspecified atom stereocenters. The number of carbonyl (C=O) groups excluding carboxylic acids is 1. The molecule has 0 saturated carbocycles. The highest BCUT2D eigenvalue weighted by atomic mass is 35.5. The minimum absolute atomic E-state index is 0.00369. The summed E-state index contributed by atoms with van der Waals surface area (Å²) in [6, 6.07) is 5.07. The number of nitrogens with zero attached hydrogens (tertiary/aromatic N) is 3. The first-order valence-electron chi connectivity index (χ1n) is 8.46. The highest BCUT2D eigenvalue weighted by Crippen LogP contribution is 2.25. The van der Waals surface area contributed by atoms with Crippen molar-refractivity contribution in [2.75, 3.05) is 49.8 Å². The van der Waals surface area contributed by atoms with Gasteiger partial charge in [-0.2, -0.15) is 0 Å². The van der Waals surface area contributed by atoms with Crippen LogP contribution in [0.1, 0.15) is 18.9 Å². The largest absolute Gasteiger partial charge is 0.340 e. The number of halogens is 1. The lowest BCUT2D eigenvalue weighted by Crippen LogP contribution is -2.49. The number of sulfonamides is 1. The molecule has 1 aromatic rings. The second-order valence-electron chi connectivity index (χ2n) is 6.33. The third kappa shape index (κ3) is 5.33. The van der Waals surface area contributed by atoms with E-state index in [-0.39, 0.29) is 18.9 Å². The van der Waals surface area contributed by atoms with E-state index in [2.05, 4.69) is 11.8 Å². The first kappa shape index (κ1) is 20.0. The van der Waals surface area contributed by atoms with Crippen LogP contribution in [-0.4, -0.2) is 69.6 Å². The van der Waals surface area contributed by atoms with E-state index >= 15 is 0 Å². The topological polar surface area (TPSA) is 60.9 Å². The highest BCUT2D eigenvalue weighted by Gasteiger charge is 2.24. The first-order chi connectivity index (χ1) is 11.7. The van der Waals surface area contributed by atoms with Crippen molar-refractivity contribution < 1.29 is 13.2 Å². The average molecular weight is 388 g/mol. The number of hydrogen-bond donors (Lipinski definition) is 0. The maximum Gasteiger partial charge on any atom is 0.232 e. The highest BCUT2D eigenvalue weighted by molar-refractivity contribution is 7.92. The number of aryl methyl sites for hydroxylation is 1. The van der Waals surface area contributed by atoms with Crippen LogP contribution in [0.15, 0.2) is 18.2 Å². The predicted molar refractivity (Wildman–Crippen MR) is 102 cm³/mol. The molecular formula is C17H26ClN3O3S. The van der Waals surface area contributed by atoms with Crippen LogP contribution in [0.25, 0.3) is 0 Å². The third-order valence-electron chi connectivity index (χ3n) is 4.53. The van der Waals surface area contributed by atoms with Crippen LogP contribution in [0, 0.1) is 6.92 Å². The van der Waals surface area contributed by atoms with Crippen molar-refractivity contribution in [3.05, 3.63) is 28.8 Å². The Labute approximate surface area is 155 Å². The summed E-state index contributed by atoms with van der Waals surface area (Å²) in [4.78, 5) is 16.6. The molecule has 1 amide bonds. The second-order valence-corrected chi connectivity index (χ2v) is 8.67. The number of piperazine rings is 1. The lowest BCUT2D eigenvalue weighted by atomic mass is 10.2. The van der Waals surface area contributed by atoms with Crippen LogP contribution < -0.4 is 4.31 Å². The molecule has 25 heavy (non-hydrogen) atoms. The molecule has 6 nitrogen and oxygen atoms in total. The van der Waals surface area contributed by atoms with Gasteiger partial charge in [0.05, 0.1) is 11.9 Å². The number of hydrogen-bond acceptors (Lipinski definition) is 4. The number of likely N-dealkylation sites (N-methyl/N-ethyl adjacent to an activating group) is 1. The molecule has 1 heterocycles. The van der Waals surface area contributed by atoms with Crippen LogP contribution in [-0.2, 0) is 14.8 Å². The second kappa shape index (κ2) is 8.38. The molecule has 0 bridgehead atoms. The molecule has 1 aliphatic heterocycles. The third-order valence-corrected chi connectivity index (χ3v) is 5.94. The van der Waals surface area contributed by atoms with Crippen molar-refractivity contribution in [2.45, 2.75) is 20.3 Å². The summed E-state index contributed by atoms with van der Waals surface area (Å²) in [5.74, 6) is -0.00369. The molecule has 0 atom stereocenters. The van der Waals surface area contributed by atoms with Gasteiger partial charge in [-0.25, -0.2) is 8.42 Å². The summed E-state index contributed by atoms with van der Waals surface area (Å²) in [6.45, 7) is 8.18. The van der Waals surface area contributed by atoms with E-state index in [0.717, 1.165) is 31.5 Å². The van der Waals surface area contributed by atoms with Crippen molar-refractivity contribution in [2.24, 2.45) is 0 Å². The Bertz CT molecular complexity index is 716. The number of amides is 1.